The first kappa shape index (κ1) is 53.7. The molecule has 0 aromatic carbocycles. The van der Waals surface area contributed by atoms with Gasteiger partial charge in [0, 0.05) is 78.2 Å². The Bertz CT molecular complexity index is 1500. The van der Waals surface area contributed by atoms with Crippen LogP contribution in [0, 0.1) is 23.7 Å². The standard InChI is InChI=1S/C45H81N3O15/c1-14-32-45(10,56)38(53)27(4)35(51)25(2)22-44(9,58-13)40(28(5)37(29(6)41(55)61-32)62-34-23-43(8,57-12)39(54)30(7)60-34)63-42-36(52)31(21-26(3)59-42)46(11)33(50)24-48-17-15-47(16-18-48)19-20-49/h25-32,34,36-40,42,49,52-54,56H,14-24H2,1-13H3/t25-,26-,27+,28+,29-,30+,31-,32-,34+,36-,37+,38-,39+,40-,42+,43-,44+,45-/m1/s1. The molecule has 366 valence electrons. The van der Waals surface area contributed by atoms with Crippen LogP contribution in [0.2, 0.25) is 0 Å². The fourth-order valence-corrected chi connectivity index (χ4v) is 10.3. The Hall–Kier alpha value is -1.91. The van der Waals surface area contributed by atoms with E-state index in [1.54, 1.807) is 60.4 Å². The Kier molecular flexibility index (Phi) is 19.0. The molecule has 0 saturated carbocycles. The van der Waals surface area contributed by atoms with Crippen LogP contribution in [0.4, 0.5) is 0 Å². The predicted octanol–water partition coefficient (Wildman–Crippen LogP) is 0.946. The summed E-state index contributed by atoms with van der Waals surface area (Å²) in [6.07, 6.45) is -10.3. The molecule has 0 aromatic heterocycles. The highest BCUT2D eigenvalue weighted by molar-refractivity contribution is 5.83. The lowest BCUT2D eigenvalue weighted by Crippen LogP contribution is -2.62. The summed E-state index contributed by atoms with van der Waals surface area (Å²) < 4.78 is 44.4. The number of hydrogen-bond acceptors (Lipinski definition) is 17. The number of amides is 1. The van der Waals surface area contributed by atoms with E-state index in [0.29, 0.717) is 26.1 Å². The summed E-state index contributed by atoms with van der Waals surface area (Å²) in [4.78, 5) is 48.1. The second-order valence-corrected chi connectivity index (χ2v) is 19.5. The number of carbonyl (C=O) groups is 3. The third-order valence-electron chi connectivity index (χ3n) is 14.7. The molecule has 4 heterocycles. The van der Waals surface area contributed by atoms with Crippen molar-refractivity contribution in [1.82, 2.24) is 14.7 Å². The molecule has 18 nitrogen and oxygen atoms in total. The molecule has 4 aliphatic rings. The van der Waals surface area contributed by atoms with Crippen LogP contribution >= 0.6 is 0 Å². The summed E-state index contributed by atoms with van der Waals surface area (Å²) in [5, 5.41) is 55.8. The molecular weight excluding hydrogens is 823 g/mol. The Morgan fingerprint density at radius 1 is 0.857 bits per heavy atom. The van der Waals surface area contributed by atoms with Gasteiger partial charge in [-0.1, -0.05) is 27.7 Å². The van der Waals surface area contributed by atoms with Crippen LogP contribution < -0.4 is 0 Å². The topological polar surface area (TPSA) is 227 Å². The largest absolute Gasteiger partial charge is 0.459 e. The van der Waals surface area contributed by atoms with Gasteiger partial charge in [-0.2, -0.15) is 0 Å². The minimum Gasteiger partial charge on any atom is -0.459 e. The molecule has 0 spiro atoms. The van der Waals surface area contributed by atoms with Crippen molar-refractivity contribution in [3.8, 4) is 0 Å². The summed E-state index contributed by atoms with van der Waals surface area (Å²) in [6.45, 7) is 20.3. The number of nitrogens with zero attached hydrogens (tertiary/aromatic N) is 3. The number of likely N-dealkylation sites (N-methyl/N-ethyl adjacent to an activating group) is 1. The van der Waals surface area contributed by atoms with Crippen molar-refractivity contribution >= 4 is 17.7 Å². The molecule has 18 atom stereocenters. The van der Waals surface area contributed by atoms with Crippen molar-refractivity contribution < 1.29 is 73.1 Å². The number of ether oxygens (including phenoxy) is 7. The van der Waals surface area contributed by atoms with Gasteiger partial charge in [0.2, 0.25) is 5.91 Å². The van der Waals surface area contributed by atoms with E-state index in [1.165, 1.54) is 28.1 Å². The molecule has 4 fully saturated rings. The summed E-state index contributed by atoms with van der Waals surface area (Å²) in [5.41, 5.74) is -4.45. The van der Waals surface area contributed by atoms with E-state index in [0.717, 1.165) is 13.1 Å². The summed E-state index contributed by atoms with van der Waals surface area (Å²) in [6, 6.07) is -0.706. The van der Waals surface area contributed by atoms with Gasteiger partial charge >= 0.3 is 5.97 Å². The van der Waals surface area contributed by atoms with Crippen LogP contribution in [0.3, 0.4) is 0 Å². The van der Waals surface area contributed by atoms with Crippen molar-refractivity contribution in [1.29, 1.82) is 0 Å². The maximum Gasteiger partial charge on any atom is 0.311 e. The van der Waals surface area contributed by atoms with Gasteiger partial charge in [-0.25, -0.2) is 0 Å². The third-order valence-corrected chi connectivity index (χ3v) is 14.7. The van der Waals surface area contributed by atoms with E-state index in [1.807, 2.05) is 6.92 Å². The van der Waals surface area contributed by atoms with E-state index in [2.05, 4.69) is 9.80 Å². The van der Waals surface area contributed by atoms with Crippen LogP contribution in [-0.2, 0) is 47.5 Å². The van der Waals surface area contributed by atoms with Crippen molar-refractivity contribution in [3.63, 3.8) is 0 Å². The molecule has 4 aliphatic heterocycles. The van der Waals surface area contributed by atoms with Crippen molar-refractivity contribution in [3.05, 3.63) is 0 Å². The lowest BCUT2D eigenvalue weighted by molar-refractivity contribution is -0.319. The van der Waals surface area contributed by atoms with Crippen LogP contribution in [0.15, 0.2) is 0 Å². The van der Waals surface area contributed by atoms with E-state index >= 15 is 0 Å². The zero-order valence-electron chi connectivity index (χ0n) is 40.1. The SMILES string of the molecule is CC[C@H]1OC(=O)[C@H](C)[C@@H](O[C@H]2C[C@@](C)(OC)[C@@H](O)[C@H](C)O2)[C@H](C)[C@@H](O[C@@H]2O[C@H](C)C[C@@H](N(C)C(=O)CN3CCN(CCO)CC3)[C@H]2O)[C@@](C)(OC)C[C@@H](C)C(=O)[C@H](C)[C@@H](O)[C@]1(C)O. The second-order valence-electron chi connectivity index (χ2n) is 19.5. The zero-order chi connectivity index (χ0) is 47.4. The quantitative estimate of drug-likeness (QED) is 0.172. The summed E-state index contributed by atoms with van der Waals surface area (Å²) in [5.74, 6) is -5.04. The minimum absolute atomic E-state index is 0.0377. The van der Waals surface area contributed by atoms with Gasteiger partial charge in [-0.05, 0) is 60.8 Å². The first-order chi connectivity index (χ1) is 29.4. The normalized spacial score (nSPS) is 44.4. The van der Waals surface area contributed by atoms with Gasteiger partial charge in [0.05, 0.1) is 66.8 Å². The number of aliphatic hydroxyl groups is 5. The number of rotatable bonds is 12. The average molecular weight is 904 g/mol. The first-order valence-corrected chi connectivity index (χ1v) is 22.9. The van der Waals surface area contributed by atoms with Gasteiger partial charge in [-0.3, -0.25) is 24.2 Å². The van der Waals surface area contributed by atoms with Gasteiger partial charge in [0.1, 0.15) is 29.7 Å². The lowest BCUT2D eigenvalue weighted by atomic mass is 9.74. The monoisotopic (exact) mass is 904 g/mol. The van der Waals surface area contributed by atoms with Gasteiger partial charge in [0.15, 0.2) is 12.6 Å². The number of ketones is 1. The molecule has 63 heavy (non-hydrogen) atoms. The zero-order valence-corrected chi connectivity index (χ0v) is 40.1. The Balaban J connectivity index is 1.76. The first-order valence-electron chi connectivity index (χ1n) is 22.9. The second kappa shape index (κ2) is 22.3. The minimum atomic E-state index is -2.01. The molecule has 0 radical (unpaired) electrons. The molecule has 0 aliphatic carbocycles. The number of carbonyl (C=O) groups excluding carboxylic acids is 3. The number of β-amino-alcohol motifs (C(OH)–C–C–N with tert-alkyl or cyclic N) is 1. The van der Waals surface area contributed by atoms with Crippen LogP contribution in [0.5, 0.6) is 0 Å². The fraction of sp³-hybridized carbons (Fsp3) is 0.933. The molecule has 0 bridgehead atoms. The van der Waals surface area contributed by atoms with Crippen molar-refractivity contribution in [2.24, 2.45) is 23.7 Å². The molecule has 4 rings (SSSR count). The number of methoxy groups -OCH3 is 2. The molecular formula is C45H81N3O15. The molecule has 4 saturated heterocycles. The lowest BCUT2D eigenvalue weighted by Gasteiger charge is -2.50. The maximum absolute atomic E-state index is 14.4. The highest BCUT2D eigenvalue weighted by Gasteiger charge is 2.54. The summed E-state index contributed by atoms with van der Waals surface area (Å²) in [7, 11) is 4.62. The fourth-order valence-electron chi connectivity index (χ4n) is 10.3. The molecule has 18 heteroatoms. The maximum atomic E-state index is 14.4. The van der Waals surface area contributed by atoms with Crippen molar-refractivity contribution in [2.75, 3.05) is 67.1 Å². The molecule has 5 N–H and O–H groups in total. The number of cyclic esters (lactones) is 1. The predicted molar refractivity (Wildman–Crippen MR) is 230 cm³/mol. The van der Waals surface area contributed by atoms with Crippen LogP contribution in [0.1, 0.15) is 94.9 Å². The van der Waals surface area contributed by atoms with Crippen LogP contribution in [-0.4, -0.2) is 209 Å². The average Bonchev–Trinajstić information content (AvgIpc) is 3.25. The third kappa shape index (κ3) is 12.2. The summed E-state index contributed by atoms with van der Waals surface area (Å²) >= 11 is 0. The highest BCUT2D eigenvalue weighted by atomic mass is 16.7. The number of esters is 1. The molecule has 0 aromatic rings. The molecule has 0 unspecified atom stereocenters. The van der Waals surface area contributed by atoms with E-state index < -0.39 is 114 Å². The number of Topliss-reactive ketones (excluding diaryl/α,β-unsaturated/α-hetero) is 1. The van der Waals surface area contributed by atoms with E-state index in [9.17, 15) is 39.9 Å². The Morgan fingerprint density at radius 2 is 1.46 bits per heavy atom. The van der Waals surface area contributed by atoms with Crippen molar-refractivity contribution in [2.45, 2.75) is 179 Å². The number of aliphatic hydroxyl groups excluding tert-OH is 4. The highest BCUT2D eigenvalue weighted by Crippen LogP contribution is 2.42. The van der Waals surface area contributed by atoms with Gasteiger partial charge in [0.25, 0.3) is 0 Å². The van der Waals surface area contributed by atoms with E-state index in [4.69, 9.17) is 33.2 Å². The molecule has 1 amide bonds. The Morgan fingerprint density at radius 3 is 2.03 bits per heavy atom. The Labute approximate surface area is 374 Å². The smallest absolute Gasteiger partial charge is 0.311 e. The number of piperazine rings is 1. The van der Waals surface area contributed by atoms with Crippen LogP contribution in [0.25, 0.3) is 0 Å². The van der Waals surface area contributed by atoms with Gasteiger partial charge in [-0.15, -0.1) is 0 Å². The van der Waals surface area contributed by atoms with Gasteiger partial charge < -0.3 is 63.6 Å². The van der Waals surface area contributed by atoms with E-state index in [-0.39, 0.29) is 44.1 Å². The number of hydrogen-bond donors (Lipinski definition) is 5.